The highest BCUT2D eigenvalue weighted by atomic mass is 16.4. The maximum atomic E-state index is 12.7. The minimum absolute atomic E-state index is 0.0594. The van der Waals surface area contributed by atoms with Crippen LogP contribution in [0.1, 0.15) is 52.4 Å². The van der Waals surface area contributed by atoms with Crippen LogP contribution < -0.4 is 0 Å². The predicted octanol–water partition coefficient (Wildman–Crippen LogP) is 2.56. The van der Waals surface area contributed by atoms with Gasteiger partial charge in [-0.2, -0.15) is 0 Å². The van der Waals surface area contributed by atoms with Crippen LogP contribution in [0.5, 0.6) is 0 Å². The van der Waals surface area contributed by atoms with Gasteiger partial charge in [0.15, 0.2) is 0 Å². The molecule has 20 heavy (non-hydrogen) atoms. The van der Waals surface area contributed by atoms with E-state index in [4.69, 9.17) is 0 Å². The highest BCUT2D eigenvalue weighted by Gasteiger charge is 2.38. The number of carboxylic acid groups (broad SMARTS) is 1. The van der Waals surface area contributed by atoms with Crippen molar-refractivity contribution < 1.29 is 14.7 Å². The fourth-order valence-electron chi connectivity index (χ4n) is 3.45. The molecule has 2 fully saturated rings. The second-order valence-corrected chi connectivity index (χ2v) is 6.21. The lowest BCUT2D eigenvalue weighted by atomic mass is 9.92. The molecule has 2 aliphatic heterocycles. The molecule has 1 N–H and O–H groups in total. The van der Waals surface area contributed by atoms with E-state index >= 15 is 0 Å². The summed E-state index contributed by atoms with van der Waals surface area (Å²) in [6, 6.07) is -0.424. The van der Waals surface area contributed by atoms with Crippen LogP contribution in [0.3, 0.4) is 0 Å². The Kier molecular flexibility index (Phi) is 4.89. The first kappa shape index (κ1) is 15.1. The monoisotopic (exact) mass is 282 g/mol. The second kappa shape index (κ2) is 6.46. The largest absolute Gasteiger partial charge is 0.480 e. The number of urea groups is 1. The van der Waals surface area contributed by atoms with E-state index in [1.54, 1.807) is 4.90 Å². The summed E-state index contributed by atoms with van der Waals surface area (Å²) >= 11 is 0. The van der Waals surface area contributed by atoms with Crippen molar-refractivity contribution in [1.29, 1.82) is 0 Å². The Morgan fingerprint density at radius 2 is 1.90 bits per heavy atom. The summed E-state index contributed by atoms with van der Waals surface area (Å²) < 4.78 is 0. The lowest BCUT2D eigenvalue weighted by Gasteiger charge is -2.43. The maximum Gasteiger partial charge on any atom is 0.326 e. The van der Waals surface area contributed by atoms with Crippen molar-refractivity contribution in [3.05, 3.63) is 0 Å². The van der Waals surface area contributed by atoms with Gasteiger partial charge in [0.1, 0.15) is 6.04 Å². The van der Waals surface area contributed by atoms with Gasteiger partial charge in [-0.05, 0) is 44.4 Å². The number of nitrogens with zero attached hydrogens (tertiary/aromatic N) is 2. The first-order valence-corrected chi connectivity index (χ1v) is 7.84. The lowest BCUT2D eigenvalue weighted by molar-refractivity contribution is -0.144. The summed E-state index contributed by atoms with van der Waals surface area (Å²) in [7, 11) is 0. The Labute approximate surface area is 120 Å². The standard InChI is InChI=1S/C15H26N2O3/c1-3-12-6-4-5-8-16(12)15(20)17-9-7-11(2)10-13(17)14(18)19/h11-13H,3-10H2,1-2H3,(H,18,19). The van der Waals surface area contributed by atoms with Crippen molar-refractivity contribution in [3.63, 3.8) is 0 Å². The number of likely N-dealkylation sites (tertiary alicyclic amines) is 2. The van der Waals surface area contributed by atoms with Crippen molar-refractivity contribution in [2.24, 2.45) is 5.92 Å². The van der Waals surface area contributed by atoms with Crippen LogP contribution >= 0.6 is 0 Å². The van der Waals surface area contributed by atoms with Gasteiger partial charge in [-0.25, -0.2) is 9.59 Å². The van der Waals surface area contributed by atoms with E-state index in [1.165, 1.54) is 6.42 Å². The maximum absolute atomic E-state index is 12.7. The van der Waals surface area contributed by atoms with Crippen LogP contribution in [0.2, 0.25) is 0 Å². The number of amides is 2. The molecule has 2 aliphatic rings. The van der Waals surface area contributed by atoms with Crippen LogP contribution in [0.4, 0.5) is 4.79 Å². The molecule has 0 bridgehead atoms. The molecule has 3 atom stereocenters. The average Bonchev–Trinajstić information content (AvgIpc) is 2.46. The second-order valence-electron chi connectivity index (χ2n) is 6.21. The molecule has 3 unspecified atom stereocenters. The van der Waals surface area contributed by atoms with Crippen LogP contribution in [0, 0.1) is 5.92 Å². The molecule has 0 radical (unpaired) electrons. The van der Waals surface area contributed by atoms with E-state index in [0.717, 1.165) is 32.2 Å². The number of rotatable bonds is 2. The molecule has 0 aromatic rings. The van der Waals surface area contributed by atoms with Gasteiger partial charge in [0, 0.05) is 19.1 Å². The quantitative estimate of drug-likeness (QED) is 0.846. The molecule has 2 rings (SSSR count). The Morgan fingerprint density at radius 3 is 2.55 bits per heavy atom. The van der Waals surface area contributed by atoms with Crippen molar-refractivity contribution >= 4 is 12.0 Å². The first-order chi connectivity index (χ1) is 9.54. The molecule has 2 heterocycles. The highest BCUT2D eigenvalue weighted by molar-refractivity contribution is 5.83. The smallest absolute Gasteiger partial charge is 0.326 e. The topological polar surface area (TPSA) is 60.9 Å². The molecular weight excluding hydrogens is 256 g/mol. The summed E-state index contributed by atoms with van der Waals surface area (Å²) in [6.45, 7) is 5.51. The number of hydrogen-bond acceptors (Lipinski definition) is 2. The molecule has 0 aromatic heterocycles. The van der Waals surface area contributed by atoms with Gasteiger partial charge in [0.05, 0.1) is 0 Å². The molecule has 0 aromatic carbocycles. The predicted molar refractivity (Wildman–Crippen MR) is 76.6 cm³/mol. The van der Waals surface area contributed by atoms with Gasteiger partial charge in [0.25, 0.3) is 0 Å². The van der Waals surface area contributed by atoms with Crippen molar-refractivity contribution in [2.75, 3.05) is 13.1 Å². The molecule has 5 heteroatoms. The third-order valence-corrected chi connectivity index (χ3v) is 4.74. The van der Waals surface area contributed by atoms with Crippen LogP contribution in [-0.4, -0.2) is 52.1 Å². The molecule has 2 amide bonds. The molecule has 0 spiro atoms. The summed E-state index contributed by atoms with van der Waals surface area (Å²) in [5, 5.41) is 9.38. The summed E-state index contributed by atoms with van der Waals surface area (Å²) in [5.41, 5.74) is 0. The number of piperidine rings is 2. The molecule has 0 saturated carbocycles. The van der Waals surface area contributed by atoms with Crippen molar-refractivity contribution in [2.45, 2.75) is 64.5 Å². The first-order valence-electron chi connectivity index (χ1n) is 7.84. The zero-order valence-electron chi connectivity index (χ0n) is 12.5. The highest BCUT2D eigenvalue weighted by Crippen LogP contribution is 2.27. The summed E-state index contributed by atoms with van der Waals surface area (Å²) in [5.74, 6) is -0.488. The average molecular weight is 282 g/mol. The fourth-order valence-corrected chi connectivity index (χ4v) is 3.45. The number of hydrogen-bond donors (Lipinski definition) is 1. The minimum Gasteiger partial charge on any atom is -0.480 e. The molecular formula is C15H26N2O3. The van der Waals surface area contributed by atoms with Gasteiger partial charge >= 0.3 is 12.0 Å². The Balaban J connectivity index is 2.11. The van der Waals surface area contributed by atoms with Crippen LogP contribution in [0.25, 0.3) is 0 Å². The Hall–Kier alpha value is -1.26. The fraction of sp³-hybridized carbons (Fsp3) is 0.867. The third kappa shape index (κ3) is 3.07. The summed E-state index contributed by atoms with van der Waals surface area (Å²) in [4.78, 5) is 27.7. The molecule has 2 saturated heterocycles. The minimum atomic E-state index is -0.866. The van der Waals surface area contributed by atoms with Gasteiger partial charge in [0.2, 0.25) is 0 Å². The molecule has 0 aliphatic carbocycles. The van der Waals surface area contributed by atoms with E-state index in [-0.39, 0.29) is 12.1 Å². The van der Waals surface area contributed by atoms with E-state index in [9.17, 15) is 14.7 Å². The Morgan fingerprint density at radius 1 is 1.15 bits per heavy atom. The number of carbonyl (C=O) groups excluding carboxylic acids is 1. The Bertz CT molecular complexity index is 372. The number of carboxylic acids is 1. The zero-order valence-corrected chi connectivity index (χ0v) is 12.5. The number of carbonyl (C=O) groups is 2. The summed E-state index contributed by atoms with van der Waals surface area (Å²) in [6.07, 6.45) is 5.68. The van der Waals surface area contributed by atoms with E-state index in [2.05, 4.69) is 13.8 Å². The van der Waals surface area contributed by atoms with E-state index in [0.29, 0.717) is 18.9 Å². The SMILES string of the molecule is CCC1CCCCN1C(=O)N1CCC(C)CC1C(=O)O. The van der Waals surface area contributed by atoms with E-state index in [1.807, 2.05) is 4.90 Å². The van der Waals surface area contributed by atoms with Gasteiger partial charge in [-0.3, -0.25) is 0 Å². The molecule has 114 valence electrons. The van der Waals surface area contributed by atoms with Gasteiger partial charge in [-0.15, -0.1) is 0 Å². The number of aliphatic carboxylic acids is 1. The normalized spacial score (nSPS) is 31.2. The zero-order chi connectivity index (χ0) is 14.7. The van der Waals surface area contributed by atoms with Crippen molar-refractivity contribution in [1.82, 2.24) is 9.80 Å². The van der Waals surface area contributed by atoms with Gasteiger partial charge < -0.3 is 14.9 Å². The van der Waals surface area contributed by atoms with Crippen LogP contribution in [-0.2, 0) is 4.79 Å². The van der Waals surface area contributed by atoms with Crippen LogP contribution in [0.15, 0.2) is 0 Å². The molecule has 5 nitrogen and oxygen atoms in total. The van der Waals surface area contributed by atoms with Crippen molar-refractivity contribution in [3.8, 4) is 0 Å². The van der Waals surface area contributed by atoms with E-state index < -0.39 is 12.0 Å². The van der Waals surface area contributed by atoms with Gasteiger partial charge in [-0.1, -0.05) is 13.8 Å². The lowest BCUT2D eigenvalue weighted by Crippen LogP contribution is -2.57. The third-order valence-electron chi connectivity index (χ3n) is 4.74.